The van der Waals surface area contributed by atoms with Gasteiger partial charge >= 0.3 is 0 Å². The molecule has 6 N–H and O–H groups in total. The Morgan fingerprint density at radius 1 is 0.929 bits per heavy atom. The molecule has 2 aromatic carbocycles. The fourth-order valence-electron chi connectivity index (χ4n) is 4.77. The average Bonchev–Trinajstić information content (AvgIpc) is 2.94. The fourth-order valence-corrected chi connectivity index (χ4v) is 4.77. The summed E-state index contributed by atoms with van der Waals surface area (Å²) in [6.07, 6.45) is 3.09. The number of carbonyl (C=O) groups excluding carboxylic acids is 4. The number of nitrogens with one attached hydrogen (secondary N) is 1. The number of carbonyl (C=O) groups is 4. The number of aliphatic hydroxyl groups is 1. The Labute approximate surface area is 245 Å². The molecule has 0 aliphatic carbocycles. The maximum atomic E-state index is 13.9. The lowest BCUT2D eigenvalue weighted by Gasteiger charge is -2.26. The molecule has 0 bridgehead atoms. The lowest BCUT2D eigenvalue weighted by atomic mass is 9.94. The highest BCUT2D eigenvalue weighted by molar-refractivity contribution is 6.04. The van der Waals surface area contributed by atoms with Crippen molar-refractivity contribution in [3.63, 3.8) is 0 Å². The molecule has 0 heterocycles. The van der Waals surface area contributed by atoms with Crippen molar-refractivity contribution < 1.29 is 33.1 Å². The van der Waals surface area contributed by atoms with Crippen LogP contribution in [0.1, 0.15) is 95.4 Å². The minimum atomic E-state index is -1.15. The molecule has 42 heavy (non-hydrogen) atoms. The van der Waals surface area contributed by atoms with Crippen LogP contribution < -0.4 is 16.8 Å². The lowest BCUT2D eigenvalue weighted by Crippen LogP contribution is -2.45. The van der Waals surface area contributed by atoms with E-state index in [-0.39, 0.29) is 47.0 Å². The van der Waals surface area contributed by atoms with Crippen molar-refractivity contribution in [1.82, 2.24) is 10.2 Å². The quantitative estimate of drug-likeness (QED) is 0.154. The molecule has 0 spiro atoms. The Balaban J connectivity index is 2.36. The molecule has 0 saturated heterocycles. The highest BCUT2D eigenvalue weighted by Gasteiger charge is 2.25. The molecule has 3 amide bonds. The average molecular weight is 589 g/mol. The first-order chi connectivity index (χ1) is 20.0. The smallest absolute Gasteiger partial charge is 0.253 e. The second kappa shape index (κ2) is 17.3. The summed E-state index contributed by atoms with van der Waals surface area (Å²) in [6.45, 7) is 4.85. The standard InChI is InChI=1S/C31H42F2N4O5/c1-3-10-37(11-4-2)31(42)23-17-21(29(35)40)16-22(18-23)30(41)36-27(15-20-13-24(32)19-25(33)14-20)28(39)9-8-26(34)7-5-6-12-38/h12-14,16-19,26-28,39H,3-11,15,34H2,1-2H3,(H2,35,40)(H,36,41). The number of hydrogen-bond acceptors (Lipinski definition) is 6. The van der Waals surface area contributed by atoms with E-state index in [9.17, 15) is 33.1 Å². The maximum Gasteiger partial charge on any atom is 0.253 e. The Morgan fingerprint density at radius 3 is 2.10 bits per heavy atom. The minimum Gasteiger partial charge on any atom is -0.391 e. The van der Waals surface area contributed by atoms with Gasteiger partial charge in [0.1, 0.15) is 17.9 Å². The van der Waals surface area contributed by atoms with Crippen molar-refractivity contribution in [2.75, 3.05) is 13.1 Å². The number of aldehydes is 1. The first-order valence-corrected chi connectivity index (χ1v) is 14.4. The second-order valence-corrected chi connectivity index (χ2v) is 10.5. The molecule has 9 nitrogen and oxygen atoms in total. The Hall–Kier alpha value is -3.70. The molecule has 0 aliphatic heterocycles. The van der Waals surface area contributed by atoms with Crippen molar-refractivity contribution in [2.24, 2.45) is 11.5 Å². The van der Waals surface area contributed by atoms with Gasteiger partial charge in [-0.3, -0.25) is 14.4 Å². The number of halogens is 2. The molecule has 11 heteroatoms. The van der Waals surface area contributed by atoms with Crippen molar-refractivity contribution in [3.8, 4) is 0 Å². The van der Waals surface area contributed by atoms with E-state index in [1.807, 2.05) is 13.8 Å². The molecule has 0 aliphatic rings. The zero-order valence-corrected chi connectivity index (χ0v) is 24.3. The third kappa shape index (κ3) is 10.9. The van der Waals surface area contributed by atoms with Crippen molar-refractivity contribution >= 4 is 24.0 Å². The summed E-state index contributed by atoms with van der Waals surface area (Å²) >= 11 is 0. The zero-order chi connectivity index (χ0) is 31.2. The monoisotopic (exact) mass is 588 g/mol. The first-order valence-electron chi connectivity index (χ1n) is 14.4. The number of benzene rings is 2. The van der Waals surface area contributed by atoms with Gasteiger partial charge < -0.3 is 31.6 Å². The number of primary amides is 1. The van der Waals surface area contributed by atoms with Gasteiger partial charge in [0, 0.05) is 48.3 Å². The van der Waals surface area contributed by atoms with Crippen LogP contribution in [0.25, 0.3) is 0 Å². The largest absolute Gasteiger partial charge is 0.391 e. The predicted molar refractivity (Wildman–Crippen MR) is 156 cm³/mol. The lowest BCUT2D eigenvalue weighted by molar-refractivity contribution is -0.107. The Kier molecular flexibility index (Phi) is 14.2. The van der Waals surface area contributed by atoms with Gasteiger partial charge in [0.2, 0.25) is 5.91 Å². The van der Waals surface area contributed by atoms with Crippen molar-refractivity contribution in [2.45, 2.75) is 83.4 Å². The molecule has 3 atom stereocenters. The summed E-state index contributed by atoms with van der Waals surface area (Å²) in [4.78, 5) is 51.0. The number of aliphatic hydroxyl groups excluding tert-OH is 1. The highest BCUT2D eigenvalue weighted by Crippen LogP contribution is 2.18. The van der Waals surface area contributed by atoms with Crippen LogP contribution in [0, 0.1) is 11.6 Å². The van der Waals surface area contributed by atoms with Gasteiger partial charge in [0.15, 0.2) is 0 Å². The molecule has 3 unspecified atom stereocenters. The molecular weight excluding hydrogens is 546 g/mol. The molecule has 0 saturated carbocycles. The van der Waals surface area contributed by atoms with Gasteiger partial charge in [0.05, 0.1) is 12.1 Å². The molecular formula is C31H42F2N4O5. The van der Waals surface area contributed by atoms with Crippen LogP contribution in [0.3, 0.4) is 0 Å². The number of hydrogen-bond donors (Lipinski definition) is 4. The molecule has 230 valence electrons. The van der Waals surface area contributed by atoms with Crippen molar-refractivity contribution in [3.05, 3.63) is 70.3 Å². The summed E-state index contributed by atoms with van der Waals surface area (Å²) in [7, 11) is 0. The predicted octanol–water partition coefficient (Wildman–Crippen LogP) is 3.50. The Bertz CT molecular complexity index is 1200. The molecule has 0 aromatic heterocycles. The van der Waals surface area contributed by atoms with E-state index >= 15 is 0 Å². The van der Waals surface area contributed by atoms with Gasteiger partial charge in [-0.2, -0.15) is 0 Å². The van der Waals surface area contributed by atoms with E-state index in [1.165, 1.54) is 18.2 Å². The topological polar surface area (TPSA) is 156 Å². The number of unbranched alkanes of at least 4 members (excludes halogenated alkanes) is 1. The molecule has 2 aromatic rings. The number of rotatable bonds is 18. The summed E-state index contributed by atoms with van der Waals surface area (Å²) in [5.41, 5.74) is 11.9. The third-order valence-corrected chi connectivity index (χ3v) is 6.89. The normalized spacial score (nSPS) is 13.2. The molecule has 0 fully saturated rings. The summed E-state index contributed by atoms with van der Waals surface area (Å²) in [5.74, 6) is -3.50. The van der Waals surface area contributed by atoms with Gasteiger partial charge in [-0.25, -0.2) is 8.78 Å². The summed E-state index contributed by atoms with van der Waals surface area (Å²) in [6, 6.07) is 5.62. The zero-order valence-electron chi connectivity index (χ0n) is 24.3. The van der Waals surface area contributed by atoms with E-state index in [4.69, 9.17) is 11.5 Å². The van der Waals surface area contributed by atoms with Gasteiger partial charge in [-0.1, -0.05) is 13.8 Å². The number of nitrogens with two attached hydrogens (primary N) is 2. The summed E-state index contributed by atoms with van der Waals surface area (Å²) < 4.78 is 27.8. The van der Waals surface area contributed by atoms with E-state index in [0.717, 1.165) is 37.3 Å². The highest BCUT2D eigenvalue weighted by atomic mass is 19.1. The number of amides is 3. The van der Waals surface area contributed by atoms with Crippen LogP contribution in [-0.4, -0.2) is 65.3 Å². The minimum absolute atomic E-state index is 0.0317. The van der Waals surface area contributed by atoms with Crippen LogP contribution in [0.5, 0.6) is 0 Å². The van der Waals surface area contributed by atoms with Gasteiger partial charge in [-0.15, -0.1) is 0 Å². The van der Waals surface area contributed by atoms with Crippen LogP contribution in [-0.2, 0) is 11.2 Å². The SMILES string of the molecule is CCCN(CCC)C(=O)c1cc(C(N)=O)cc(C(=O)NC(Cc2cc(F)cc(F)c2)C(O)CCC(N)CCCC=O)c1. The van der Waals surface area contributed by atoms with Gasteiger partial charge in [0.25, 0.3) is 11.8 Å². The van der Waals surface area contributed by atoms with E-state index < -0.39 is 35.6 Å². The third-order valence-electron chi connectivity index (χ3n) is 6.89. The van der Waals surface area contributed by atoms with Crippen LogP contribution in [0.15, 0.2) is 36.4 Å². The van der Waals surface area contributed by atoms with Crippen molar-refractivity contribution in [1.29, 1.82) is 0 Å². The first kappa shape index (κ1) is 34.5. The van der Waals surface area contributed by atoms with E-state index in [0.29, 0.717) is 38.8 Å². The van der Waals surface area contributed by atoms with E-state index in [1.54, 1.807) is 4.90 Å². The Morgan fingerprint density at radius 2 is 1.52 bits per heavy atom. The number of nitrogens with zero attached hydrogens (tertiary/aromatic N) is 1. The molecule has 0 radical (unpaired) electrons. The van der Waals surface area contributed by atoms with E-state index in [2.05, 4.69) is 5.32 Å². The maximum absolute atomic E-state index is 13.9. The van der Waals surface area contributed by atoms with Gasteiger partial charge in [-0.05, 0) is 80.8 Å². The molecule has 2 rings (SSSR count). The van der Waals surface area contributed by atoms with Crippen LogP contribution >= 0.6 is 0 Å². The summed E-state index contributed by atoms with van der Waals surface area (Å²) in [5, 5.41) is 13.8. The second-order valence-electron chi connectivity index (χ2n) is 10.5. The van der Waals surface area contributed by atoms with Crippen LogP contribution in [0.2, 0.25) is 0 Å². The fraction of sp³-hybridized carbons (Fsp3) is 0.484. The van der Waals surface area contributed by atoms with Crippen LogP contribution in [0.4, 0.5) is 8.78 Å².